The maximum absolute atomic E-state index is 13.2. The molecule has 6 nitrogen and oxygen atoms in total. The van der Waals surface area contributed by atoms with Crippen LogP contribution in [0.3, 0.4) is 0 Å². The first kappa shape index (κ1) is 21.9. The molecular formula is C26H30N2O4. The van der Waals surface area contributed by atoms with Crippen molar-refractivity contribution in [2.45, 2.75) is 51.4 Å². The Labute approximate surface area is 189 Å². The molecule has 0 aromatic heterocycles. The largest absolute Gasteiger partial charge is 0.497 e. The first-order valence-electron chi connectivity index (χ1n) is 10.8. The molecule has 3 amide bonds. The zero-order valence-electron chi connectivity index (χ0n) is 19.5. The quantitative estimate of drug-likeness (QED) is 0.534. The predicted octanol–water partition coefficient (Wildman–Crippen LogP) is 5.15. The van der Waals surface area contributed by atoms with E-state index >= 15 is 0 Å². The first-order chi connectivity index (χ1) is 15.1. The van der Waals surface area contributed by atoms with Crippen LogP contribution in [0, 0.1) is 0 Å². The molecule has 0 spiro atoms. The Bertz CT molecular complexity index is 1130. The molecule has 0 unspecified atom stereocenters. The minimum absolute atomic E-state index is 0.0186. The van der Waals surface area contributed by atoms with Gasteiger partial charge in [-0.3, -0.25) is 4.79 Å². The summed E-state index contributed by atoms with van der Waals surface area (Å²) in [4.78, 5) is 27.2. The van der Waals surface area contributed by atoms with E-state index in [1.165, 1.54) is 16.0 Å². The summed E-state index contributed by atoms with van der Waals surface area (Å²) in [5.74, 6) is 0.808. The van der Waals surface area contributed by atoms with E-state index in [-0.39, 0.29) is 22.4 Å². The molecule has 1 aliphatic carbocycles. The Morgan fingerprint density at radius 1 is 0.906 bits per heavy atom. The molecule has 4 rings (SSSR count). The number of carbonyl (C=O) groups excluding carboxylic acids is 2. The van der Waals surface area contributed by atoms with Gasteiger partial charge in [0.1, 0.15) is 17.2 Å². The fourth-order valence-corrected chi connectivity index (χ4v) is 4.58. The third kappa shape index (κ3) is 3.64. The van der Waals surface area contributed by atoms with Crippen LogP contribution in [0.15, 0.2) is 42.1 Å². The van der Waals surface area contributed by atoms with E-state index in [1.54, 1.807) is 38.5 Å². The van der Waals surface area contributed by atoms with Gasteiger partial charge in [-0.2, -0.15) is 0 Å². The third-order valence-corrected chi connectivity index (χ3v) is 6.71. The highest BCUT2D eigenvalue weighted by molar-refractivity contribution is 6.28. The van der Waals surface area contributed by atoms with E-state index in [1.807, 2.05) is 12.1 Å². The smallest absolute Gasteiger partial charge is 0.333 e. The number of urea groups is 1. The molecule has 168 valence electrons. The lowest BCUT2D eigenvalue weighted by Gasteiger charge is -2.42. The van der Waals surface area contributed by atoms with Crippen molar-refractivity contribution in [3.8, 4) is 11.5 Å². The lowest BCUT2D eigenvalue weighted by Crippen LogP contribution is -2.35. The monoisotopic (exact) mass is 434 g/mol. The topological polar surface area (TPSA) is 67.9 Å². The molecule has 1 saturated heterocycles. The summed E-state index contributed by atoms with van der Waals surface area (Å²) in [6, 6.07) is 10.8. The molecular weight excluding hydrogens is 404 g/mol. The number of hydrogen-bond donors (Lipinski definition) is 1. The second-order valence-corrected chi connectivity index (χ2v) is 9.73. The highest BCUT2D eigenvalue weighted by Gasteiger charge is 2.40. The Balaban J connectivity index is 1.71. The van der Waals surface area contributed by atoms with Gasteiger partial charge in [-0.25, -0.2) is 9.69 Å². The number of rotatable bonds is 4. The molecule has 2 aromatic rings. The molecule has 32 heavy (non-hydrogen) atoms. The lowest BCUT2D eigenvalue weighted by atomic mass is 9.63. The summed E-state index contributed by atoms with van der Waals surface area (Å²) in [5, 5.41) is 2.71. The zero-order valence-corrected chi connectivity index (χ0v) is 19.5. The molecule has 1 aliphatic heterocycles. The van der Waals surface area contributed by atoms with Crippen LogP contribution >= 0.6 is 0 Å². The minimum atomic E-state index is -0.457. The highest BCUT2D eigenvalue weighted by Crippen LogP contribution is 2.47. The Morgan fingerprint density at radius 2 is 1.59 bits per heavy atom. The van der Waals surface area contributed by atoms with Crippen LogP contribution in [-0.4, -0.2) is 26.2 Å². The fraction of sp³-hybridized carbons (Fsp3) is 0.385. The van der Waals surface area contributed by atoms with Crippen LogP contribution in [0.1, 0.15) is 57.2 Å². The second kappa shape index (κ2) is 7.69. The zero-order chi connectivity index (χ0) is 23.3. The first-order valence-corrected chi connectivity index (χ1v) is 10.8. The molecule has 0 saturated carbocycles. The van der Waals surface area contributed by atoms with Crippen molar-refractivity contribution < 1.29 is 19.1 Å². The normalized spacial score (nSPS) is 20.2. The highest BCUT2D eigenvalue weighted by atomic mass is 16.5. The van der Waals surface area contributed by atoms with Crippen molar-refractivity contribution in [2.24, 2.45) is 0 Å². The van der Waals surface area contributed by atoms with E-state index in [2.05, 4.69) is 39.1 Å². The van der Waals surface area contributed by atoms with Gasteiger partial charge in [0.2, 0.25) is 0 Å². The average Bonchev–Trinajstić information content (AvgIpc) is 3.04. The number of nitrogens with one attached hydrogen (secondary N) is 1. The molecule has 0 bridgehead atoms. The van der Waals surface area contributed by atoms with Gasteiger partial charge in [0.05, 0.1) is 19.9 Å². The summed E-state index contributed by atoms with van der Waals surface area (Å²) in [5.41, 5.74) is 3.99. The van der Waals surface area contributed by atoms with Crippen LogP contribution < -0.4 is 19.7 Å². The molecule has 6 heteroatoms. The molecule has 1 fully saturated rings. The average molecular weight is 435 g/mol. The number of nitrogens with zero attached hydrogens (tertiary/aromatic N) is 1. The Hall–Kier alpha value is -3.28. The van der Waals surface area contributed by atoms with E-state index in [4.69, 9.17) is 9.47 Å². The SMILES string of the molecule is COc1ccc(C=C2NC(=O)N(c3ccc4c(c3)C(C)(C)CCC4(C)C)C2=O)c(OC)c1. The lowest BCUT2D eigenvalue weighted by molar-refractivity contribution is -0.113. The van der Waals surface area contributed by atoms with Gasteiger partial charge in [-0.05, 0) is 65.1 Å². The van der Waals surface area contributed by atoms with E-state index in [9.17, 15) is 9.59 Å². The van der Waals surface area contributed by atoms with Crippen molar-refractivity contribution in [1.29, 1.82) is 0 Å². The Morgan fingerprint density at radius 3 is 2.25 bits per heavy atom. The number of ether oxygens (including phenoxy) is 2. The van der Waals surface area contributed by atoms with E-state index in [0.717, 1.165) is 12.8 Å². The van der Waals surface area contributed by atoms with Gasteiger partial charge in [-0.15, -0.1) is 0 Å². The summed E-state index contributed by atoms with van der Waals surface area (Å²) >= 11 is 0. The van der Waals surface area contributed by atoms with Gasteiger partial charge in [0.15, 0.2) is 0 Å². The summed E-state index contributed by atoms with van der Waals surface area (Å²) in [6.45, 7) is 8.94. The molecule has 0 radical (unpaired) electrons. The van der Waals surface area contributed by atoms with Crippen molar-refractivity contribution >= 4 is 23.7 Å². The fourth-order valence-electron chi connectivity index (χ4n) is 4.58. The third-order valence-electron chi connectivity index (χ3n) is 6.71. The maximum atomic E-state index is 13.2. The molecule has 2 aromatic carbocycles. The standard InChI is InChI=1S/C26H30N2O4/c1-25(2)11-12-26(3,4)20-14-17(8-10-19(20)25)28-23(29)21(27-24(28)30)13-16-7-9-18(31-5)15-22(16)32-6/h7-10,13-15H,11-12H2,1-6H3,(H,27,30). The number of methoxy groups -OCH3 is 2. The van der Waals surface area contributed by atoms with Gasteiger partial charge < -0.3 is 14.8 Å². The molecule has 1 N–H and O–H groups in total. The van der Waals surface area contributed by atoms with Crippen molar-refractivity contribution in [1.82, 2.24) is 5.32 Å². The summed E-state index contributed by atoms with van der Waals surface area (Å²) in [7, 11) is 3.13. The number of imide groups is 1. The van der Waals surface area contributed by atoms with Gasteiger partial charge in [0, 0.05) is 11.6 Å². The molecule has 0 atom stereocenters. The maximum Gasteiger partial charge on any atom is 0.333 e. The summed E-state index contributed by atoms with van der Waals surface area (Å²) < 4.78 is 10.6. The van der Waals surface area contributed by atoms with Crippen LogP contribution in [0.2, 0.25) is 0 Å². The van der Waals surface area contributed by atoms with E-state index in [0.29, 0.717) is 22.7 Å². The second-order valence-electron chi connectivity index (χ2n) is 9.73. The number of anilines is 1. The van der Waals surface area contributed by atoms with E-state index < -0.39 is 6.03 Å². The van der Waals surface area contributed by atoms with Gasteiger partial charge >= 0.3 is 6.03 Å². The number of fused-ring (bicyclic) bond motifs is 1. The number of carbonyl (C=O) groups is 2. The van der Waals surface area contributed by atoms with Crippen LogP contribution in [0.25, 0.3) is 6.08 Å². The van der Waals surface area contributed by atoms with Gasteiger partial charge in [-0.1, -0.05) is 33.8 Å². The van der Waals surface area contributed by atoms with Crippen LogP contribution in [-0.2, 0) is 15.6 Å². The molecule has 1 heterocycles. The summed E-state index contributed by atoms with van der Waals surface area (Å²) in [6.07, 6.45) is 3.79. The van der Waals surface area contributed by atoms with Crippen molar-refractivity contribution in [2.75, 3.05) is 19.1 Å². The van der Waals surface area contributed by atoms with Crippen LogP contribution in [0.5, 0.6) is 11.5 Å². The van der Waals surface area contributed by atoms with Crippen LogP contribution in [0.4, 0.5) is 10.5 Å². The van der Waals surface area contributed by atoms with Crippen molar-refractivity contribution in [3.63, 3.8) is 0 Å². The predicted molar refractivity (Wildman–Crippen MR) is 125 cm³/mol. The Kier molecular flexibility index (Phi) is 5.27. The van der Waals surface area contributed by atoms with Gasteiger partial charge in [0.25, 0.3) is 5.91 Å². The number of hydrogen-bond acceptors (Lipinski definition) is 4. The van der Waals surface area contributed by atoms with Crippen molar-refractivity contribution in [3.05, 3.63) is 58.8 Å². The number of benzene rings is 2. The molecule has 2 aliphatic rings. The minimum Gasteiger partial charge on any atom is -0.497 e. The number of amides is 3.